The number of rotatable bonds is 8. The molecule has 0 saturated heterocycles. The van der Waals surface area contributed by atoms with Gasteiger partial charge in [0.25, 0.3) is 0 Å². The number of carbonyl (C=O) groups is 1. The van der Waals surface area contributed by atoms with Crippen molar-refractivity contribution < 1.29 is 59.2 Å². The number of hydrogen-bond donors (Lipinski definition) is 1. The van der Waals surface area contributed by atoms with E-state index < -0.39 is 101 Å². The number of carbonyl (C=O) groups excluding carboxylic acids is 1. The average Bonchev–Trinajstić information content (AvgIpc) is 3.05. The van der Waals surface area contributed by atoms with Crippen LogP contribution in [0, 0.1) is 46.5 Å². The van der Waals surface area contributed by atoms with Crippen LogP contribution in [0.5, 0.6) is 0 Å². The maximum Gasteiger partial charge on any atom is 0.378 e. The second-order valence-corrected chi connectivity index (χ2v) is 6.57. The van der Waals surface area contributed by atoms with E-state index in [0.29, 0.717) is 0 Å². The molecule has 0 aromatic heterocycles. The third-order valence-electron chi connectivity index (χ3n) is 4.48. The highest BCUT2D eigenvalue weighted by Crippen LogP contribution is 2.31. The van der Waals surface area contributed by atoms with Gasteiger partial charge in [0.2, 0.25) is 5.76 Å². The van der Waals surface area contributed by atoms with Gasteiger partial charge in [-0.15, -0.1) is 0 Å². The number of esters is 1. The minimum absolute atomic E-state index is 0.0417. The van der Waals surface area contributed by atoms with Crippen molar-refractivity contribution in [1.82, 2.24) is 0 Å². The van der Waals surface area contributed by atoms with Crippen molar-refractivity contribution in [3.63, 3.8) is 0 Å². The van der Waals surface area contributed by atoms with E-state index in [2.05, 4.69) is 0 Å². The van der Waals surface area contributed by atoms with Gasteiger partial charge in [0.15, 0.2) is 58.4 Å². The summed E-state index contributed by atoms with van der Waals surface area (Å²) in [7, 11) is 0. The monoisotopic (exact) mass is 484 g/mol. The predicted molar refractivity (Wildman–Crippen MR) is 90.7 cm³/mol. The van der Waals surface area contributed by atoms with E-state index in [1.165, 1.54) is 0 Å². The Morgan fingerprint density at radius 2 is 1.18 bits per heavy atom. The van der Waals surface area contributed by atoms with E-state index in [9.17, 15) is 39.9 Å². The molecule has 2 aromatic carbocycles. The molecule has 1 aliphatic heterocycles. The number of hydrogen-bond acceptors (Lipinski definition) is 5. The molecule has 178 valence electrons. The summed E-state index contributed by atoms with van der Waals surface area (Å²) in [5.41, 5.74) is -2.44. The van der Waals surface area contributed by atoms with Crippen LogP contribution < -0.4 is 0 Å². The van der Waals surface area contributed by atoms with Crippen LogP contribution in [0.15, 0.2) is 23.7 Å². The highest BCUT2D eigenvalue weighted by molar-refractivity contribution is 5.89. The number of halogens is 8. The van der Waals surface area contributed by atoms with E-state index in [1.807, 2.05) is 0 Å². The molecular formula is C20H12F8O5. The number of benzene rings is 2. The van der Waals surface area contributed by atoms with Gasteiger partial charge in [0.05, 0.1) is 11.1 Å². The molecule has 0 fully saturated rings. The second-order valence-electron chi connectivity index (χ2n) is 6.57. The molecule has 13 heteroatoms. The third kappa shape index (κ3) is 4.72. The maximum atomic E-state index is 13.9. The molecule has 0 bridgehead atoms. The first kappa shape index (κ1) is 24.3. The molecule has 0 spiro atoms. The van der Waals surface area contributed by atoms with Crippen LogP contribution in [-0.2, 0) is 32.2 Å². The van der Waals surface area contributed by atoms with Crippen LogP contribution in [0.1, 0.15) is 17.5 Å². The Kier molecular flexibility index (Phi) is 7.10. The summed E-state index contributed by atoms with van der Waals surface area (Å²) in [4.78, 5) is 12.1. The van der Waals surface area contributed by atoms with Gasteiger partial charge >= 0.3 is 5.97 Å². The van der Waals surface area contributed by atoms with Crippen molar-refractivity contribution in [3.8, 4) is 0 Å². The quantitative estimate of drug-likeness (QED) is 0.348. The van der Waals surface area contributed by atoms with Gasteiger partial charge < -0.3 is 19.3 Å². The van der Waals surface area contributed by atoms with E-state index in [1.54, 1.807) is 0 Å². The van der Waals surface area contributed by atoms with Gasteiger partial charge in [-0.05, 0) is 0 Å². The van der Waals surface area contributed by atoms with Crippen LogP contribution in [-0.4, -0.2) is 23.8 Å². The zero-order valence-electron chi connectivity index (χ0n) is 16.2. The number of aliphatic hydroxyl groups excluding tert-OH is 1. The third-order valence-corrected chi connectivity index (χ3v) is 4.48. The van der Waals surface area contributed by atoms with Crippen molar-refractivity contribution in [3.05, 3.63) is 81.3 Å². The lowest BCUT2D eigenvalue weighted by Gasteiger charge is -2.15. The van der Waals surface area contributed by atoms with Gasteiger partial charge in [-0.3, -0.25) is 0 Å². The van der Waals surface area contributed by atoms with E-state index in [-0.39, 0.29) is 18.6 Å². The second kappa shape index (κ2) is 9.65. The van der Waals surface area contributed by atoms with Gasteiger partial charge in [-0.25, -0.2) is 39.9 Å². The molecule has 2 aromatic rings. The van der Waals surface area contributed by atoms with Gasteiger partial charge in [0.1, 0.15) is 13.2 Å². The summed E-state index contributed by atoms with van der Waals surface area (Å²) in [5.74, 6) is -17.0. The largest absolute Gasteiger partial charge is 0.485 e. The molecule has 0 aliphatic carbocycles. The molecule has 33 heavy (non-hydrogen) atoms. The van der Waals surface area contributed by atoms with Gasteiger partial charge in [-0.1, -0.05) is 0 Å². The molecule has 3 rings (SSSR count). The molecule has 0 radical (unpaired) electrons. The molecule has 1 atom stereocenters. The lowest BCUT2D eigenvalue weighted by molar-refractivity contribution is -0.144. The first-order valence-electron chi connectivity index (χ1n) is 9.02. The smallest absolute Gasteiger partial charge is 0.378 e. The molecule has 1 N–H and O–H groups in total. The van der Waals surface area contributed by atoms with Crippen LogP contribution in [0.2, 0.25) is 0 Å². The SMILES string of the molecule is O=C1OC(CCO)C(OCc2c(F)c(F)cc(F)c2F)=C1OCc1c(F)c(F)cc(F)c1F. The Labute approximate surface area is 179 Å². The number of aliphatic hydroxyl groups is 1. The minimum atomic E-state index is -1.81. The lowest BCUT2D eigenvalue weighted by Crippen LogP contribution is -2.16. The zero-order valence-corrected chi connectivity index (χ0v) is 16.2. The Morgan fingerprint density at radius 1 is 0.758 bits per heavy atom. The first-order chi connectivity index (χ1) is 15.6. The fourth-order valence-corrected chi connectivity index (χ4v) is 2.87. The minimum Gasteiger partial charge on any atom is -0.485 e. The van der Waals surface area contributed by atoms with Crippen molar-refractivity contribution in [2.45, 2.75) is 25.7 Å². The van der Waals surface area contributed by atoms with Crippen molar-refractivity contribution in [2.24, 2.45) is 0 Å². The standard InChI is InChI=1S/C20H12F8O5/c21-9-3-10(22)15(26)7(14(9)25)5-31-18-13(1-2-29)33-20(30)19(18)32-6-8-16(27)11(23)4-12(24)17(8)28/h3-4,13,29H,1-2,5-6H2. The van der Waals surface area contributed by atoms with E-state index in [0.717, 1.165) is 0 Å². The van der Waals surface area contributed by atoms with Crippen LogP contribution in [0.25, 0.3) is 0 Å². The average molecular weight is 484 g/mol. The Morgan fingerprint density at radius 3 is 1.61 bits per heavy atom. The summed E-state index contributed by atoms with van der Waals surface area (Å²) < 4.78 is 124. The van der Waals surface area contributed by atoms with Crippen LogP contribution in [0.4, 0.5) is 35.1 Å². The molecule has 1 aliphatic rings. The molecule has 5 nitrogen and oxygen atoms in total. The number of ether oxygens (including phenoxy) is 3. The lowest BCUT2D eigenvalue weighted by atomic mass is 10.1. The van der Waals surface area contributed by atoms with Crippen molar-refractivity contribution >= 4 is 5.97 Å². The first-order valence-corrected chi connectivity index (χ1v) is 9.02. The maximum absolute atomic E-state index is 13.9. The Balaban J connectivity index is 1.92. The van der Waals surface area contributed by atoms with E-state index in [4.69, 9.17) is 19.3 Å². The van der Waals surface area contributed by atoms with Crippen LogP contribution >= 0.6 is 0 Å². The summed E-state index contributed by atoms with van der Waals surface area (Å²) in [6.07, 6.45) is -1.76. The summed E-state index contributed by atoms with van der Waals surface area (Å²) >= 11 is 0. The highest BCUT2D eigenvalue weighted by atomic mass is 19.2. The topological polar surface area (TPSA) is 65.0 Å². The fourth-order valence-electron chi connectivity index (χ4n) is 2.87. The summed E-state index contributed by atoms with van der Waals surface area (Å²) in [5, 5.41) is 9.09. The fraction of sp³-hybridized carbons (Fsp3) is 0.250. The molecule has 0 saturated carbocycles. The summed E-state index contributed by atoms with van der Waals surface area (Å²) in [6, 6.07) is -0.0930. The van der Waals surface area contributed by atoms with Crippen molar-refractivity contribution in [1.29, 1.82) is 0 Å². The Hall–Kier alpha value is -3.35. The van der Waals surface area contributed by atoms with Gasteiger partial charge in [0, 0.05) is 25.2 Å². The normalized spacial score (nSPS) is 15.8. The molecule has 1 heterocycles. The zero-order chi connectivity index (χ0) is 24.4. The van der Waals surface area contributed by atoms with Crippen molar-refractivity contribution in [2.75, 3.05) is 6.61 Å². The molecule has 1 unspecified atom stereocenters. The highest BCUT2D eigenvalue weighted by Gasteiger charge is 2.38. The number of cyclic esters (lactones) is 1. The van der Waals surface area contributed by atoms with Crippen LogP contribution in [0.3, 0.4) is 0 Å². The van der Waals surface area contributed by atoms with E-state index >= 15 is 0 Å². The van der Waals surface area contributed by atoms with Gasteiger partial charge in [-0.2, -0.15) is 0 Å². The predicted octanol–water partition coefficient (Wildman–Crippen LogP) is 4.05. The summed E-state index contributed by atoms with van der Waals surface area (Å²) in [6.45, 7) is -3.04. The molecule has 0 amide bonds. The Bertz CT molecular complexity index is 1080. The molecular weight excluding hydrogens is 472 g/mol.